The topological polar surface area (TPSA) is 44.1 Å². The molecule has 0 atom stereocenters. The number of piperazine rings is 1. The monoisotopic (exact) mass is 380 g/mol. The van der Waals surface area contributed by atoms with Crippen LogP contribution in [0.4, 0.5) is 10.1 Å². The molecule has 0 saturated carbocycles. The van der Waals surface area contributed by atoms with E-state index in [0.29, 0.717) is 16.5 Å². The van der Waals surface area contributed by atoms with Gasteiger partial charge in [-0.15, -0.1) is 0 Å². The summed E-state index contributed by atoms with van der Waals surface area (Å²) in [5.41, 5.74) is 4.96. The fraction of sp³-hybridized carbons (Fsp3) is 0.579. The lowest BCUT2D eigenvalue weighted by Crippen LogP contribution is -3.14. The number of hydrogen-bond donors (Lipinski definition) is 3. The summed E-state index contributed by atoms with van der Waals surface area (Å²) in [7, 11) is 0. The van der Waals surface area contributed by atoms with Gasteiger partial charge >= 0.3 is 0 Å². The first-order valence-electron chi connectivity index (χ1n) is 9.51. The van der Waals surface area contributed by atoms with Crippen molar-refractivity contribution in [1.82, 2.24) is 10.7 Å². The van der Waals surface area contributed by atoms with Gasteiger partial charge in [-0.05, 0) is 44.6 Å². The Morgan fingerprint density at radius 3 is 2.65 bits per heavy atom. The normalized spacial score (nSPS) is 15.8. The van der Waals surface area contributed by atoms with Gasteiger partial charge in [0.05, 0.1) is 44.1 Å². The van der Waals surface area contributed by atoms with Crippen LogP contribution in [0.15, 0.2) is 23.3 Å². The van der Waals surface area contributed by atoms with Gasteiger partial charge in [-0.25, -0.2) is 4.39 Å². The number of benzene rings is 1. The number of nitrogens with zero attached hydrogens (tertiary/aromatic N) is 2. The second kappa shape index (κ2) is 10.4. The van der Waals surface area contributed by atoms with E-state index in [1.807, 2.05) is 19.1 Å². The van der Waals surface area contributed by atoms with Crippen LogP contribution in [0.2, 0.25) is 0 Å². The minimum absolute atomic E-state index is 0.194. The number of thiocarbonyl (C=S) groups is 1. The Kier molecular flexibility index (Phi) is 8.25. The van der Waals surface area contributed by atoms with Crippen molar-refractivity contribution in [3.63, 3.8) is 0 Å². The highest BCUT2D eigenvalue weighted by Gasteiger charge is 2.21. The molecular weight excluding hydrogens is 349 g/mol. The maximum Gasteiger partial charge on any atom is 0.186 e. The number of rotatable bonds is 7. The fourth-order valence-electron chi connectivity index (χ4n) is 3.02. The number of unbranched alkanes of at least 4 members (excludes halogenated alkanes) is 1. The summed E-state index contributed by atoms with van der Waals surface area (Å²) in [5.74, 6) is -0.194. The summed E-state index contributed by atoms with van der Waals surface area (Å²) in [6, 6.07) is 5.34. The molecule has 7 heteroatoms. The Hall–Kier alpha value is -1.73. The van der Waals surface area contributed by atoms with Crippen LogP contribution in [0.3, 0.4) is 0 Å². The first kappa shape index (κ1) is 20.6. The third-order valence-corrected chi connectivity index (χ3v) is 5.05. The third kappa shape index (κ3) is 5.92. The van der Waals surface area contributed by atoms with Gasteiger partial charge in [0.2, 0.25) is 0 Å². The Morgan fingerprint density at radius 2 is 2.04 bits per heavy atom. The van der Waals surface area contributed by atoms with Gasteiger partial charge in [0.1, 0.15) is 5.82 Å². The van der Waals surface area contributed by atoms with Crippen molar-refractivity contribution < 1.29 is 9.29 Å². The molecule has 0 aliphatic carbocycles. The van der Waals surface area contributed by atoms with Gasteiger partial charge in [-0.1, -0.05) is 19.4 Å². The Morgan fingerprint density at radius 1 is 1.31 bits per heavy atom. The van der Waals surface area contributed by atoms with Crippen LogP contribution in [-0.4, -0.2) is 50.1 Å². The standard InChI is InChI=1S/C19H30FN5S/c1-4-6-9-21-19(26)23-22-15(3)16-7-8-18(17(20)14-16)25-12-10-24(5-2)11-13-25/h7-8,14H,4-6,9-13H2,1-3H3,(H2,21,23,26)/p+1/b22-15-. The minimum atomic E-state index is -0.194. The van der Waals surface area contributed by atoms with Crippen molar-refractivity contribution >= 4 is 28.7 Å². The van der Waals surface area contributed by atoms with Crippen molar-refractivity contribution in [3.05, 3.63) is 29.6 Å². The summed E-state index contributed by atoms with van der Waals surface area (Å²) in [6.07, 6.45) is 2.17. The summed E-state index contributed by atoms with van der Waals surface area (Å²) in [4.78, 5) is 3.71. The van der Waals surface area contributed by atoms with Crippen LogP contribution in [0, 0.1) is 5.82 Å². The van der Waals surface area contributed by atoms with Gasteiger partial charge in [-0.2, -0.15) is 5.10 Å². The lowest BCUT2D eigenvalue weighted by Gasteiger charge is -2.33. The Balaban J connectivity index is 1.95. The molecule has 0 amide bonds. The molecule has 1 aliphatic rings. The lowest BCUT2D eigenvalue weighted by atomic mass is 10.1. The molecule has 0 unspecified atom stereocenters. The molecule has 1 heterocycles. The zero-order chi connectivity index (χ0) is 18.9. The van der Waals surface area contributed by atoms with E-state index in [-0.39, 0.29) is 5.82 Å². The van der Waals surface area contributed by atoms with Crippen LogP contribution < -0.4 is 20.5 Å². The van der Waals surface area contributed by atoms with E-state index in [1.165, 1.54) is 0 Å². The number of anilines is 1. The van der Waals surface area contributed by atoms with Crippen LogP contribution >= 0.6 is 12.2 Å². The molecule has 1 aromatic rings. The molecule has 1 fully saturated rings. The predicted molar refractivity (Wildman–Crippen MR) is 111 cm³/mol. The second-order valence-corrected chi connectivity index (χ2v) is 7.08. The van der Waals surface area contributed by atoms with Crippen LogP contribution in [0.1, 0.15) is 39.2 Å². The molecule has 144 valence electrons. The van der Waals surface area contributed by atoms with Crippen LogP contribution in [-0.2, 0) is 0 Å². The van der Waals surface area contributed by atoms with Crippen molar-refractivity contribution in [3.8, 4) is 0 Å². The second-order valence-electron chi connectivity index (χ2n) is 6.68. The number of quaternary nitrogens is 1. The smallest absolute Gasteiger partial charge is 0.186 e. The first-order valence-corrected chi connectivity index (χ1v) is 9.92. The molecular formula is C19H31FN5S+. The van der Waals surface area contributed by atoms with E-state index in [1.54, 1.807) is 11.0 Å². The highest BCUT2D eigenvalue weighted by atomic mass is 32.1. The van der Waals surface area contributed by atoms with Crippen molar-refractivity contribution in [2.75, 3.05) is 44.2 Å². The van der Waals surface area contributed by atoms with E-state index in [9.17, 15) is 4.39 Å². The van der Waals surface area contributed by atoms with Gasteiger partial charge in [0.25, 0.3) is 0 Å². The van der Waals surface area contributed by atoms with Gasteiger partial charge < -0.3 is 15.1 Å². The summed E-state index contributed by atoms with van der Waals surface area (Å²) in [6.45, 7) is 12.0. The van der Waals surface area contributed by atoms with Gasteiger partial charge in [0, 0.05) is 12.1 Å². The fourth-order valence-corrected chi connectivity index (χ4v) is 3.17. The van der Waals surface area contributed by atoms with E-state index < -0.39 is 0 Å². The molecule has 0 aromatic heterocycles. The molecule has 26 heavy (non-hydrogen) atoms. The Labute approximate surface area is 161 Å². The number of nitrogens with one attached hydrogen (secondary N) is 3. The first-order chi connectivity index (χ1) is 12.5. The zero-order valence-corrected chi connectivity index (χ0v) is 16.9. The van der Waals surface area contributed by atoms with E-state index in [0.717, 1.165) is 57.7 Å². The van der Waals surface area contributed by atoms with Crippen molar-refractivity contribution in [2.45, 2.75) is 33.6 Å². The molecule has 5 nitrogen and oxygen atoms in total. The van der Waals surface area contributed by atoms with Crippen molar-refractivity contribution in [1.29, 1.82) is 0 Å². The van der Waals surface area contributed by atoms with E-state index in [2.05, 4.69) is 34.6 Å². The summed E-state index contributed by atoms with van der Waals surface area (Å²) in [5, 5.41) is 7.84. The minimum Gasteiger partial charge on any atom is -0.361 e. The molecule has 0 spiro atoms. The number of likely N-dealkylation sites (N-methyl/N-ethyl adjacent to an activating group) is 1. The van der Waals surface area contributed by atoms with Crippen LogP contribution in [0.5, 0.6) is 0 Å². The molecule has 1 aliphatic heterocycles. The molecule has 0 radical (unpaired) electrons. The molecule has 1 aromatic carbocycles. The summed E-state index contributed by atoms with van der Waals surface area (Å²) < 4.78 is 14.6. The van der Waals surface area contributed by atoms with E-state index >= 15 is 0 Å². The maximum atomic E-state index is 14.6. The molecule has 3 N–H and O–H groups in total. The summed E-state index contributed by atoms with van der Waals surface area (Å²) >= 11 is 5.18. The number of halogens is 1. The number of hydrogen-bond acceptors (Lipinski definition) is 3. The van der Waals surface area contributed by atoms with Gasteiger partial charge in [0.15, 0.2) is 5.11 Å². The van der Waals surface area contributed by atoms with Crippen LogP contribution in [0.25, 0.3) is 0 Å². The highest BCUT2D eigenvalue weighted by Crippen LogP contribution is 2.21. The Bertz CT molecular complexity index is 626. The van der Waals surface area contributed by atoms with Crippen molar-refractivity contribution in [2.24, 2.45) is 5.10 Å². The number of hydrazone groups is 1. The predicted octanol–water partition coefficient (Wildman–Crippen LogP) is 1.54. The lowest BCUT2D eigenvalue weighted by molar-refractivity contribution is -0.898. The molecule has 1 saturated heterocycles. The average molecular weight is 381 g/mol. The quantitative estimate of drug-likeness (QED) is 0.291. The average Bonchev–Trinajstić information content (AvgIpc) is 2.66. The molecule has 0 bridgehead atoms. The largest absolute Gasteiger partial charge is 0.361 e. The van der Waals surface area contributed by atoms with E-state index in [4.69, 9.17) is 12.2 Å². The van der Waals surface area contributed by atoms with Gasteiger partial charge in [-0.3, -0.25) is 5.43 Å². The third-order valence-electron chi connectivity index (χ3n) is 4.82. The highest BCUT2D eigenvalue weighted by molar-refractivity contribution is 7.80. The zero-order valence-electron chi connectivity index (χ0n) is 16.1. The SMILES string of the molecule is CCCCNC(=S)N/N=C(/C)c1ccc(N2CC[NH+](CC)CC2)c(F)c1. The molecule has 2 rings (SSSR count). The maximum absolute atomic E-state index is 14.6.